The summed E-state index contributed by atoms with van der Waals surface area (Å²) in [5.74, 6) is 1.43. The summed E-state index contributed by atoms with van der Waals surface area (Å²) in [5.41, 5.74) is 1.78. The minimum Gasteiger partial charge on any atom is -0.497 e. The summed E-state index contributed by atoms with van der Waals surface area (Å²) in [4.78, 5) is 19.4. The fourth-order valence-corrected chi connectivity index (χ4v) is 3.79. The van der Waals surface area contributed by atoms with Crippen molar-refractivity contribution in [3.63, 3.8) is 0 Å². The molecule has 4 rings (SSSR count). The van der Waals surface area contributed by atoms with E-state index in [9.17, 15) is 4.79 Å². The van der Waals surface area contributed by atoms with E-state index in [-0.39, 0.29) is 5.91 Å². The van der Waals surface area contributed by atoms with Crippen molar-refractivity contribution in [2.45, 2.75) is 13.0 Å². The Labute approximate surface area is 160 Å². The molecule has 0 spiro atoms. The maximum absolute atomic E-state index is 13.1. The molecule has 0 atom stereocenters. The van der Waals surface area contributed by atoms with Gasteiger partial charge in [-0.2, -0.15) is 0 Å². The molecular weight excluding hydrogens is 360 g/mol. The van der Waals surface area contributed by atoms with Crippen molar-refractivity contribution in [1.82, 2.24) is 4.98 Å². The average molecular weight is 378 g/mol. The second-order valence-corrected chi connectivity index (χ2v) is 7.06. The maximum atomic E-state index is 13.1. The number of methoxy groups -OCH3 is 1. The summed E-state index contributed by atoms with van der Waals surface area (Å²) in [6.45, 7) is 0.343. The predicted octanol–water partition coefficient (Wildman–Crippen LogP) is 4.67. The molecule has 2 aromatic heterocycles. The van der Waals surface area contributed by atoms with Crippen molar-refractivity contribution in [2.24, 2.45) is 0 Å². The number of furan rings is 1. The van der Waals surface area contributed by atoms with Gasteiger partial charge in [0.2, 0.25) is 5.91 Å². The van der Waals surface area contributed by atoms with Crippen molar-refractivity contribution < 1.29 is 13.9 Å². The van der Waals surface area contributed by atoms with Gasteiger partial charge in [-0.3, -0.25) is 9.69 Å². The number of fused-ring (bicyclic) bond motifs is 1. The highest BCUT2D eigenvalue weighted by Crippen LogP contribution is 2.32. The molecule has 0 saturated carbocycles. The van der Waals surface area contributed by atoms with E-state index in [1.54, 1.807) is 18.3 Å². The van der Waals surface area contributed by atoms with Gasteiger partial charge in [0.15, 0.2) is 5.13 Å². The van der Waals surface area contributed by atoms with E-state index in [0.717, 1.165) is 21.5 Å². The lowest BCUT2D eigenvalue weighted by atomic mass is 10.1. The van der Waals surface area contributed by atoms with Gasteiger partial charge in [0.1, 0.15) is 11.5 Å². The van der Waals surface area contributed by atoms with Crippen LogP contribution in [0.4, 0.5) is 5.13 Å². The lowest BCUT2D eigenvalue weighted by Crippen LogP contribution is -2.31. The Morgan fingerprint density at radius 3 is 2.74 bits per heavy atom. The Morgan fingerprint density at radius 2 is 2.00 bits per heavy atom. The molecule has 0 fully saturated rings. The molecule has 0 bridgehead atoms. The Hall–Kier alpha value is -3.12. The zero-order valence-electron chi connectivity index (χ0n) is 14.8. The van der Waals surface area contributed by atoms with Crippen LogP contribution in [0.15, 0.2) is 71.3 Å². The molecule has 1 amide bonds. The Morgan fingerprint density at radius 1 is 1.15 bits per heavy atom. The van der Waals surface area contributed by atoms with Gasteiger partial charge in [-0.05, 0) is 29.8 Å². The van der Waals surface area contributed by atoms with Crippen LogP contribution in [0.2, 0.25) is 0 Å². The molecule has 0 aliphatic heterocycles. The second-order valence-electron chi connectivity index (χ2n) is 6.05. The maximum Gasteiger partial charge on any atom is 0.233 e. The molecule has 4 aromatic rings. The van der Waals surface area contributed by atoms with Crippen LogP contribution in [0.1, 0.15) is 11.3 Å². The number of nitrogens with zero attached hydrogens (tertiary/aromatic N) is 2. The SMILES string of the molecule is COc1ccc2sc(N(Cc3ccco3)C(=O)Cc3ccccc3)nc2c1. The highest BCUT2D eigenvalue weighted by atomic mass is 32.1. The van der Waals surface area contributed by atoms with E-state index < -0.39 is 0 Å². The van der Waals surface area contributed by atoms with Gasteiger partial charge >= 0.3 is 0 Å². The molecule has 0 N–H and O–H groups in total. The second kappa shape index (κ2) is 7.63. The van der Waals surface area contributed by atoms with Crippen LogP contribution < -0.4 is 9.64 Å². The van der Waals surface area contributed by atoms with Crippen LogP contribution in [0.25, 0.3) is 10.2 Å². The van der Waals surface area contributed by atoms with Gasteiger partial charge in [-0.25, -0.2) is 4.98 Å². The molecule has 0 aliphatic rings. The van der Waals surface area contributed by atoms with Crippen molar-refractivity contribution in [3.8, 4) is 5.75 Å². The van der Waals surface area contributed by atoms with Crippen LogP contribution >= 0.6 is 11.3 Å². The normalized spacial score (nSPS) is 10.9. The highest BCUT2D eigenvalue weighted by Gasteiger charge is 2.21. The first kappa shape index (κ1) is 17.3. The van der Waals surface area contributed by atoms with Crippen LogP contribution in [-0.2, 0) is 17.8 Å². The predicted molar refractivity (Wildman–Crippen MR) is 106 cm³/mol. The lowest BCUT2D eigenvalue weighted by molar-refractivity contribution is -0.118. The zero-order chi connectivity index (χ0) is 18.6. The summed E-state index contributed by atoms with van der Waals surface area (Å²) < 4.78 is 11.7. The number of ether oxygens (including phenoxy) is 1. The van der Waals surface area contributed by atoms with E-state index in [1.165, 1.54) is 11.3 Å². The van der Waals surface area contributed by atoms with Crippen molar-refractivity contribution in [3.05, 3.63) is 78.3 Å². The number of thiazole rings is 1. The van der Waals surface area contributed by atoms with Crippen LogP contribution in [0, 0.1) is 0 Å². The number of benzene rings is 2. The molecule has 5 nitrogen and oxygen atoms in total. The van der Waals surface area contributed by atoms with Gasteiger partial charge in [-0.1, -0.05) is 41.7 Å². The zero-order valence-corrected chi connectivity index (χ0v) is 15.6. The third-order valence-corrected chi connectivity index (χ3v) is 5.27. The Bertz CT molecular complexity index is 1040. The van der Waals surface area contributed by atoms with Crippen molar-refractivity contribution in [2.75, 3.05) is 12.0 Å². The highest BCUT2D eigenvalue weighted by molar-refractivity contribution is 7.22. The number of carbonyl (C=O) groups is 1. The first-order valence-corrected chi connectivity index (χ1v) is 9.36. The van der Waals surface area contributed by atoms with Gasteiger partial charge in [-0.15, -0.1) is 0 Å². The molecule has 0 radical (unpaired) electrons. The summed E-state index contributed by atoms with van der Waals surface area (Å²) >= 11 is 1.48. The van der Waals surface area contributed by atoms with Gasteiger partial charge in [0, 0.05) is 6.07 Å². The minimum atomic E-state index is -0.0244. The number of amides is 1. The van der Waals surface area contributed by atoms with Gasteiger partial charge in [0.05, 0.1) is 36.6 Å². The van der Waals surface area contributed by atoms with Gasteiger partial charge in [0.25, 0.3) is 0 Å². The monoisotopic (exact) mass is 378 g/mol. The third kappa shape index (κ3) is 3.85. The fraction of sp³-hybridized carbons (Fsp3) is 0.143. The smallest absolute Gasteiger partial charge is 0.233 e. The largest absolute Gasteiger partial charge is 0.497 e. The molecule has 2 aromatic carbocycles. The molecule has 136 valence electrons. The molecule has 0 unspecified atom stereocenters. The number of aromatic nitrogens is 1. The number of hydrogen-bond donors (Lipinski definition) is 0. The summed E-state index contributed by atoms with van der Waals surface area (Å²) in [6.07, 6.45) is 1.92. The number of rotatable bonds is 6. The van der Waals surface area contributed by atoms with E-state index in [0.29, 0.717) is 23.9 Å². The van der Waals surface area contributed by atoms with Crippen molar-refractivity contribution in [1.29, 1.82) is 0 Å². The standard InChI is InChI=1S/C21H18N2O3S/c1-25-16-9-10-19-18(13-16)22-21(27-19)23(14-17-8-5-11-26-17)20(24)12-15-6-3-2-4-7-15/h2-11,13H,12,14H2,1H3. The minimum absolute atomic E-state index is 0.0244. The molecular formula is C21H18N2O3S. The summed E-state index contributed by atoms with van der Waals surface area (Å²) in [7, 11) is 1.63. The topological polar surface area (TPSA) is 55.6 Å². The number of carbonyl (C=O) groups excluding carboxylic acids is 1. The van der Waals surface area contributed by atoms with E-state index in [2.05, 4.69) is 4.98 Å². The van der Waals surface area contributed by atoms with E-state index >= 15 is 0 Å². The number of hydrogen-bond acceptors (Lipinski definition) is 5. The lowest BCUT2D eigenvalue weighted by Gasteiger charge is -2.18. The van der Waals surface area contributed by atoms with Gasteiger partial charge < -0.3 is 9.15 Å². The van der Waals surface area contributed by atoms with Crippen molar-refractivity contribution >= 4 is 32.6 Å². The first-order chi connectivity index (χ1) is 13.2. The Kier molecular flexibility index (Phi) is 4.89. The fourth-order valence-electron chi connectivity index (χ4n) is 2.82. The third-order valence-electron chi connectivity index (χ3n) is 4.21. The quantitative estimate of drug-likeness (QED) is 0.489. The molecule has 27 heavy (non-hydrogen) atoms. The van der Waals surface area contributed by atoms with Crippen LogP contribution in [0.5, 0.6) is 5.75 Å². The molecule has 6 heteroatoms. The summed E-state index contributed by atoms with van der Waals surface area (Å²) in [5, 5.41) is 0.649. The first-order valence-electron chi connectivity index (χ1n) is 8.54. The van der Waals surface area contributed by atoms with Crippen LogP contribution in [0.3, 0.4) is 0 Å². The van der Waals surface area contributed by atoms with Crippen LogP contribution in [-0.4, -0.2) is 18.0 Å². The average Bonchev–Trinajstić information content (AvgIpc) is 3.35. The van der Waals surface area contributed by atoms with E-state index in [1.807, 2.05) is 60.7 Å². The molecule has 2 heterocycles. The molecule has 0 saturated heterocycles. The number of anilines is 1. The Balaban J connectivity index is 1.67. The molecule has 0 aliphatic carbocycles. The summed E-state index contributed by atoms with van der Waals surface area (Å²) in [6, 6.07) is 19.1. The van der Waals surface area contributed by atoms with E-state index in [4.69, 9.17) is 9.15 Å².